The fraction of sp³-hybridized carbons (Fsp3) is 0.188. The molecule has 2 aromatic heterocycles. The third-order valence-corrected chi connectivity index (χ3v) is 7.24. The van der Waals surface area contributed by atoms with Gasteiger partial charge in [0.05, 0.1) is 35.3 Å². The van der Waals surface area contributed by atoms with Gasteiger partial charge in [-0.05, 0) is 73.5 Å². The highest BCUT2D eigenvalue weighted by atomic mass is 16.5. The Morgan fingerprint density at radius 1 is 0.526 bits per heavy atom. The molecule has 190 valence electrons. The smallest absolute Gasteiger partial charge is 0.197 e. The molecule has 6 aromatic rings. The Morgan fingerprint density at radius 2 is 0.921 bits per heavy atom. The molecule has 38 heavy (non-hydrogen) atoms. The van der Waals surface area contributed by atoms with Gasteiger partial charge in [-0.15, -0.1) is 0 Å². The van der Waals surface area contributed by atoms with Gasteiger partial charge in [-0.25, -0.2) is 0 Å². The number of fused-ring (bicyclic) bond motifs is 4. The van der Waals surface area contributed by atoms with E-state index in [4.69, 9.17) is 9.47 Å². The molecule has 2 heterocycles. The lowest BCUT2D eigenvalue weighted by atomic mass is 10.1. The van der Waals surface area contributed by atoms with Gasteiger partial charge in [0.25, 0.3) is 0 Å². The Balaban J connectivity index is 1.09. The quantitative estimate of drug-likeness (QED) is 0.200. The van der Waals surface area contributed by atoms with Crippen molar-refractivity contribution in [1.29, 1.82) is 0 Å². The lowest BCUT2D eigenvalue weighted by molar-refractivity contribution is 0.267. The van der Waals surface area contributed by atoms with Gasteiger partial charge in [-0.1, -0.05) is 24.3 Å². The summed E-state index contributed by atoms with van der Waals surface area (Å²) in [5, 5.41) is 2.72. The molecule has 0 bridgehead atoms. The average molecular weight is 505 g/mol. The number of benzene rings is 4. The molecular weight excluding hydrogens is 476 g/mol. The third kappa shape index (κ3) is 4.08. The van der Waals surface area contributed by atoms with Crippen LogP contribution in [0.15, 0.2) is 94.5 Å². The Hall–Kier alpha value is -4.58. The molecule has 0 fully saturated rings. The minimum Gasteiger partial charge on any atom is -0.494 e. The number of rotatable bonds is 7. The molecule has 0 atom stereocenters. The van der Waals surface area contributed by atoms with Gasteiger partial charge < -0.3 is 18.6 Å². The van der Waals surface area contributed by atoms with Crippen LogP contribution in [0.25, 0.3) is 43.6 Å². The second-order valence-electron chi connectivity index (χ2n) is 9.57. The zero-order valence-electron chi connectivity index (χ0n) is 21.4. The van der Waals surface area contributed by atoms with Crippen molar-refractivity contribution < 1.29 is 9.47 Å². The lowest BCUT2D eigenvalue weighted by Gasteiger charge is -2.13. The molecule has 0 unspecified atom stereocenters. The number of nitrogens with zero attached hydrogens (tertiary/aromatic N) is 2. The highest BCUT2D eigenvalue weighted by Gasteiger charge is 2.11. The maximum absolute atomic E-state index is 13.0. The van der Waals surface area contributed by atoms with Crippen LogP contribution < -0.4 is 20.3 Å². The number of ether oxygens (including phenoxy) is 2. The highest BCUT2D eigenvalue weighted by molar-refractivity contribution is 5.95. The van der Waals surface area contributed by atoms with Crippen LogP contribution in [0.4, 0.5) is 0 Å². The molecule has 0 amide bonds. The zero-order valence-corrected chi connectivity index (χ0v) is 21.4. The first kappa shape index (κ1) is 23.8. The van der Waals surface area contributed by atoms with Crippen molar-refractivity contribution >= 4 is 43.6 Å². The molecular formula is C32H28N2O4. The summed E-state index contributed by atoms with van der Waals surface area (Å²) in [7, 11) is 3.94. The summed E-state index contributed by atoms with van der Waals surface area (Å²) in [5.74, 6) is 1.37. The van der Waals surface area contributed by atoms with E-state index in [1.807, 2.05) is 108 Å². The van der Waals surface area contributed by atoms with E-state index in [0.29, 0.717) is 46.3 Å². The van der Waals surface area contributed by atoms with Crippen LogP contribution in [0, 0.1) is 0 Å². The van der Waals surface area contributed by atoms with Gasteiger partial charge in [-0.3, -0.25) is 9.59 Å². The molecule has 6 nitrogen and oxygen atoms in total. The molecule has 0 aliphatic carbocycles. The first-order valence-corrected chi connectivity index (χ1v) is 12.8. The standard InChI is InChI=1S/C32H28N2O4/c1-33-27-11-5-3-9-23(27)31(35)25-19-21(13-15-29(25)33)37-17-7-8-18-38-22-14-16-30-26(20-22)32(36)24-10-4-6-12-28(24)34(30)2/h3-6,9-16,19-20H,7-8,17-18H2,1-2H3. The summed E-state index contributed by atoms with van der Waals surface area (Å²) in [6.45, 7) is 1.04. The van der Waals surface area contributed by atoms with Crippen LogP contribution in [-0.2, 0) is 14.1 Å². The molecule has 6 heteroatoms. The van der Waals surface area contributed by atoms with Gasteiger partial charge in [0.2, 0.25) is 0 Å². The lowest BCUT2D eigenvalue weighted by Crippen LogP contribution is -2.10. The topological polar surface area (TPSA) is 62.5 Å². The second kappa shape index (κ2) is 9.71. The van der Waals surface area contributed by atoms with E-state index in [2.05, 4.69) is 0 Å². The first-order chi connectivity index (χ1) is 18.5. The van der Waals surface area contributed by atoms with Crippen LogP contribution in [0.1, 0.15) is 12.8 Å². The number of unbranched alkanes of at least 4 members (excludes halogenated alkanes) is 1. The highest BCUT2D eigenvalue weighted by Crippen LogP contribution is 2.24. The van der Waals surface area contributed by atoms with Crippen LogP contribution in [0.5, 0.6) is 11.5 Å². The van der Waals surface area contributed by atoms with E-state index < -0.39 is 0 Å². The van der Waals surface area contributed by atoms with Gasteiger partial charge in [0.1, 0.15) is 11.5 Å². The van der Waals surface area contributed by atoms with Crippen molar-refractivity contribution in [3.05, 3.63) is 105 Å². The van der Waals surface area contributed by atoms with Crippen molar-refractivity contribution in [1.82, 2.24) is 9.13 Å². The van der Waals surface area contributed by atoms with E-state index in [1.54, 1.807) is 0 Å². The summed E-state index contributed by atoms with van der Waals surface area (Å²) in [6.07, 6.45) is 1.60. The molecule has 0 saturated carbocycles. The number of hydrogen-bond donors (Lipinski definition) is 0. The van der Waals surface area contributed by atoms with E-state index in [1.165, 1.54) is 0 Å². The Kier molecular flexibility index (Phi) is 6.08. The van der Waals surface area contributed by atoms with Crippen molar-refractivity contribution in [2.24, 2.45) is 14.1 Å². The molecule has 4 aromatic carbocycles. The average Bonchev–Trinajstić information content (AvgIpc) is 2.96. The first-order valence-electron chi connectivity index (χ1n) is 12.8. The van der Waals surface area contributed by atoms with E-state index in [-0.39, 0.29) is 10.9 Å². The summed E-state index contributed by atoms with van der Waals surface area (Å²) in [6, 6.07) is 26.7. The van der Waals surface area contributed by atoms with Crippen molar-refractivity contribution in [2.45, 2.75) is 12.8 Å². The molecule has 0 spiro atoms. The molecule has 6 rings (SSSR count). The van der Waals surface area contributed by atoms with Crippen molar-refractivity contribution in [3.63, 3.8) is 0 Å². The number of hydrogen-bond acceptors (Lipinski definition) is 4. The van der Waals surface area contributed by atoms with Crippen molar-refractivity contribution in [2.75, 3.05) is 13.2 Å². The Bertz CT molecular complexity index is 1810. The largest absolute Gasteiger partial charge is 0.494 e. The van der Waals surface area contributed by atoms with Gasteiger partial charge in [0, 0.05) is 35.6 Å². The van der Waals surface area contributed by atoms with Crippen LogP contribution >= 0.6 is 0 Å². The van der Waals surface area contributed by atoms with Crippen LogP contribution in [0.3, 0.4) is 0 Å². The SMILES string of the molecule is Cn1c2ccccc2c(=O)c2cc(OCCCCOc3ccc4c(c3)c(=O)c3ccccc3n4C)ccc21. The maximum Gasteiger partial charge on any atom is 0.197 e. The zero-order chi connectivity index (χ0) is 26.2. The monoisotopic (exact) mass is 504 g/mol. The number of aromatic nitrogens is 2. The predicted octanol–water partition coefficient (Wildman–Crippen LogP) is 5.93. The molecule has 0 aliphatic heterocycles. The van der Waals surface area contributed by atoms with Crippen LogP contribution in [0.2, 0.25) is 0 Å². The Morgan fingerprint density at radius 3 is 1.37 bits per heavy atom. The van der Waals surface area contributed by atoms with Gasteiger partial charge >= 0.3 is 0 Å². The summed E-state index contributed by atoms with van der Waals surface area (Å²) in [5.41, 5.74) is 3.63. The normalized spacial score (nSPS) is 11.5. The summed E-state index contributed by atoms with van der Waals surface area (Å²) < 4.78 is 16.0. The van der Waals surface area contributed by atoms with Crippen molar-refractivity contribution in [3.8, 4) is 11.5 Å². The van der Waals surface area contributed by atoms with E-state index in [9.17, 15) is 9.59 Å². The second-order valence-corrected chi connectivity index (χ2v) is 9.57. The number of aryl methyl sites for hydroxylation is 2. The minimum atomic E-state index is 0.0192. The predicted molar refractivity (Wildman–Crippen MR) is 154 cm³/mol. The van der Waals surface area contributed by atoms with E-state index >= 15 is 0 Å². The fourth-order valence-electron chi connectivity index (χ4n) is 5.21. The molecule has 0 aliphatic rings. The summed E-state index contributed by atoms with van der Waals surface area (Å²) >= 11 is 0. The summed E-state index contributed by atoms with van der Waals surface area (Å²) in [4.78, 5) is 26.0. The molecule has 0 saturated heterocycles. The van der Waals surface area contributed by atoms with Crippen LogP contribution in [-0.4, -0.2) is 22.3 Å². The van der Waals surface area contributed by atoms with Gasteiger partial charge in [0.15, 0.2) is 10.9 Å². The maximum atomic E-state index is 13.0. The number of para-hydroxylation sites is 2. The minimum absolute atomic E-state index is 0.0192. The Labute approximate surface area is 219 Å². The molecule has 0 N–H and O–H groups in total. The number of pyridine rings is 2. The molecule has 0 radical (unpaired) electrons. The fourth-order valence-corrected chi connectivity index (χ4v) is 5.21. The third-order valence-electron chi connectivity index (χ3n) is 7.24. The van der Waals surface area contributed by atoms with Gasteiger partial charge in [-0.2, -0.15) is 0 Å². The van der Waals surface area contributed by atoms with E-state index in [0.717, 1.165) is 34.9 Å².